The normalized spacial score (nSPS) is 51.2. The average Bonchev–Trinajstić information content (AvgIpc) is 3.44. The Hall–Kier alpha value is -0.980. The first-order valence-corrected chi connectivity index (χ1v) is 15.0. The summed E-state index contributed by atoms with van der Waals surface area (Å²) in [7, 11) is 6.22. The van der Waals surface area contributed by atoms with E-state index < -0.39 is 0 Å². The largest absolute Gasteiger partial charge is 0.393 e. The van der Waals surface area contributed by atoms with Crippen molar-refractivity contribution in [1.29, 1.82) is 0 Å². The van der Waals surface area contributed by atoms with Gasteiger partial charge in [-0.1, -0.05) is 34.6 Å². The Balaban J connectivity index is 1.52. The van der Waals surface area contributed by atoms with Crippen LogP contribution in [-0.4, -0.2) is 67.6 Å². The Morgan fingerprint density at radius 2 is 1.73 bits per heavy atom. The van der Waals surface area contributed by atoms with E-state index >= 15 is 0 Å². The summed E-state index contributed by atoms with van der Waals surface area (Å²) in [5.41, 5.74) is -0.478. The minimum absolute atomic E-state index is 0.0263. The third kappa shape index (κ3) is 3.27. The number of amides is 1. The predicted molar refractivity (Wildman–Crippen MR) is 147 cm³/mol. The first-order valence-electron chi connectivity index (χ1n) is 15.0. The highest BCUT2D eigenvalue weighted by Crippen LogP contribution is 2.87. The molecule has 5 rings (SSSR count). The molecule has 3 N–H and O–H groups in total. The molecule has 5 aliphatic carbocycles. The molecule has 210 valence electrons. The molecular formula is C31H53N3O3. The average molecular weight is 516 g/mol. The standard InChI is InChI=1S/C31H53N3O3/c1-18(2)26(37)33-23-12-13-30-16-31(30)22(11-10-21(30)27(23,4)17-32-7)28(5)14-20(35)25(19(3)34(8)9)29(28,6)15-24(31)36/h18-23,25,32,35H,10-17H2,1-9H3,(H,33,37)/t19-,20+,21-,22-,23-,25-,27-,28-,29+,30+,31+/m0/s1. The first kappa shape index (κ1) is 27.6. The lowest BCUT2D eigenvalue weighted by molar-refractivity contribution is -0.171. The number of carbonyl (C=O) groups excluding carboxylic acids is 2. The van der Waals surface area contributed by atoms with Crippen molar-refractivity contribution in [3.8, 4) is 0 Å². The molecule has 5 aliphatic rings. The van der Waals surface area contributed by atoms with Gasteiger partial charge in [0.15, 0.2) is 0 Å². The topological polar surface area (TPSA) is 81.7 Å². The second-order valence-corrected chi connectivity index (χ2v) is 15.2. The molecule has 11 atom stereocenters. The molecule has 6 nitrogen and oxygen atoms in total. The van der Waals surface area contributed by atoms with E-state index in [1.807, 2.05) is 20.9 Å². The Morgan fingerprint density at radius 1 is 1.08 bits per heavy atom. The molecule has 0 aromatic carbocycles. The number of hydrogen-bond donors (Lipinski definition) is 3. The van der Waals surface area contributed by atoms with Crippen molar-refractivity contribution in [3.05, 3.63) is 0 Å². The van der Waals surface area contributed by atoms with Crippen molar-refractivity contribution < 1.29 is 14.7 Å². The number of carbonyl (C=O) groups is 2. The molecule has 37 heavy (non-hydrogen) atoms. The van der Waals surface area contributed by atoms with Crippen molar-refractivity contribution >= 4 is 11.7 Å². The van der Waals surface area contributed by atoms with Crippen LogP contribution in [0.5, 0.6) is 0 Å². The summed E-state index contributed by atoms with van der Waals surface area (Å²) < 4.78 is 0. The molecule has 0 bridgehead atoms. The van der Waals surface area contributed by atoms with Crippen LogP contribution in [0, 0.1) is 50.7 Å². The van der Waals surface area contributed by atoms with E-state index in [1.54, 1.807) is 0 Å². The quantitative estimate of drug-likeness (QED) is 0.500. The fraction of sp³-hybridized carbons (Fsp3) is 0.935. The van der Waals surface area contributed by atoms with Crippen LogP contribution in [0.1, 0.15) is 86.5 Å². The van der Waals surface area contributed by atoms with Crippen LogP contribution in [0.2, 0.25) is 0 Å². The predicted octanol–water partition coefficient (Wildman–Crippen LogP) is 3.87. The van der Waals surface area contributed by atoms with E-state index in [4.69, 9.17) is 0 Å². The minimum Gasteiger partial charge on any atom is -0.393 e. The van der Waals surface area contributed by atoms with Crippen LogP contribution in [0.4, 0.5) is 0 Å². The Labute approximate surface area is 225 Å². The van der Waals surface area contributed by atoms with Gasteiger partial charge in [0.1, 0.15) is 5.78 Å². The highest BCUT2D eigenvalue weighted by molar-refractivity contribution is 5.92. The van der Waals surface area contributed by atoms with Crippen molar-refractivity contribution in [2.24, 2.45) is 50.7 Å². The Kier molecular flexibility index (Phi) is 6.34. The number of Topliss-reactive ketones (excluding diaryl/α,β-unsaturated/α-hetero) is 1. The molecule has 0 aromatic rings. The number of aliphatic hydroxyl groups excluding tert-OH is 1. The highest BCUT2D eigenvalue weighted by atomic mass is 16.3. The molecule has 1 amide bonds. The van der Waals surface area contributed by atoms with E-state index in [-0.39, 0.29) is 63.0 Å². The van der Waals surface area contributed by atoms with Gasteiger partial charge in [-0.3, -0.25) is 9.59 Å². The lowest BCUT2D eigenvalue weighted by Gasteiger charge is -2.63. The molecule has 0 aliphatic heterocycles. The highest BCUT2D eigenvalue weighted by Gasteiger charge is 2.86. The first-order chi connectivity index (χ1) is 17.2. The van der Waals surface area contributed by atoms with Gasteiger partial charge in [-0.2, -0.15) is 0 Å². The number of hydrogen-bond acceptors (Lipinski definition) is 5. The van der Waals surface area contributed by atoms with Gasteiger partial charge in [-0.15, -0.1) is 0 Å². The summed E-state index contributed by atoms with van der Waals surface area (Å²) in [6, 6.07) is 0.366. The maximum absolute atomic E-state index is 14.5. The monoisotopic (exact) mass is 515 g/mol. The van der Waals surface area contributed by atoms with Crippen LogP contribution in [0.3, 0.4) is 0 Å². The zero-order chi connectivity index (χ0) is 27.3. The minimum atomic E-state index is -0.362. The zero-order valence-electron chi connectivity index (χ0n) is 24.9. The fourth-order valence-corrected chi connectivity index (χ4v) is 11.4. The lowest BCUT2D eigenvalue weighted by Crippen LogP contribution is -2.64. The van der Waals surface area contributed by atoms with Crippen molar-refractivity contribution in [2.75, 3.05) is 27.7 Å². The van der Waals surface area contributed by atoms with E-state index in [0.29, 0.717) is 24.0 Å². The number of fused-ring (bicyclic) bond motifs is 2. The van der Waals surface area contributed by atoms with Crippen molar-refractivity contribution in [2.45, 2.75) is 105 Å². The third-order valence-corrected chi connectivity index (χ3v) is 13.5. The van der Waals surface area contributed by atoms with Crippen LogP contribution < -0.4 is 10.6 Å². The Bertz CT molecular complexity index is 967. The molecule has 5 saturated carbocycles. The van der Waals surface area contributed by atoms with E-state index in [9.17, 15) is 14.7 Å². The van der Waals surface area contributed by atoms with Gasteiger partial charge in [0.2, 0.25) is 5.91 Å². The van der Waals surface area contributed by atoms with Gasteiger partial charge in [0.25, 0.3) is 0 Å². The van der Waals surface area contributed by atoms with Crippen LogP contribution in [-0.2, 0) is 9.59 Å². The van der Waals surface area contributed by atoms with Gasteiger partial charge >= 0.3 is 0 Å². The molecule has 2 spiro atoms. The Morgan fingerprint density at radius 3 is 2.32 bits per heavy atom. The molecule has 5 fully saturated rings. The van der Waals surface area contributed by atoms with Gasteiger partial charge in [-0.25, -0.2) is 0 Å². The zero-order valence-corrected chi connectivity index (χ0v) is 24.9. The van der Waals surface area contributed by atoms with E-state index in [2.05, 4.69) is 57.3 Å². The maximum atomic E-state index is 14.5. The molecule has 0 radical (unpaired) electrons. The summed E-state index contributed by atoms with van der Waals surface area (Å²) in [6.45, 7) is 14.2. The summed E-state index contributed by atoms with van der Waals surface area (Å²) >= 11 is 0. The van der Waals surface area contributed by atoms with Crippen LogP contribution in [0.15, 0.2) is 0 Å². The summed E-state index contributed by atoms with van der Waals surface area (Å²) in [6.07, 6.45) is 6.23. The third-order valence-electron chi connectivity index (χ3n) is 13.5. The van der Waals surface area contributed by atoms with E-state index in [1.165, 1.54) is 0 Å². The molecule has 6 heteroatoms. The molecule has 0 aromatic heterocycles. The second kappa shape index (κ2) is 8.51. The maximum Gasteiger partial charge on any atom is 0.222 e. The molecule has 0 heterocycles. The molecule has 0 unspecified atom stereocenters. The van der Waals surface area contributed by atoms with Crippen LogP contribution in [0.25, 0.3) is 0 Å². The van der Waals surface area contributed by atoms with Crippen molar-refractivity contribution in [3.63, 3.8) is 0 Å². The summed E-state index contributed by atoms with van der Waals surface area (Å²) in [5.74, 6) is 1.48. The van der Waals surface area contributed by atoms with Crippen LogP contribution >= 0.6 is 0 Å². The number of nitrogens with zero attached hydrogens (tertiary/aromatic N) is 1. The van der Waals surface area contributed by atoms with Gasteiger partial charge in [0, 0.05) is 47.7 Å². The number of ketones is 1. The lowest BCUT2D eigenvalue weighted by atomic mass is 9.41. The van der Waals surface area contributed by atoms with Crippen molar-refractivity contribution in [1.82, 2.24) is 15.5 Å². The van der Waals surface area contributed by atoms with Gasteiger partial charge in [-0.05, 0) is 94.7 Å². The van der Waals surface area contributed by atoms with E-state index in [0.717, 1.165) is 45.1 Å². The van der Waals surface area contributed by atoms with Gasteiger partial charge in [0.05, 0.1) is 6.10 Å². The summed E-state index contributed by atoms with van der Waals surface area (Å²) in [5, 5.41) is 18.4. The number of nitrogens with one attached hydrogen (secondary N) is 2. The van der Waals surface area contributed by atoms with Gasteiger partial charge < -0.3 is 20.6 Å². The number of aliphatic hydroxyl groups is 1. The molecular weight excluding hydrogens is 462 g/mol. The summed E-state index contributed by atoms with van der Waals surface area (Å²) in [4.78, 5) is 29.5. The fourth-order valence-electron chi connectivity index (χ4n) is 11.4. The smallest absolute Gasteiger partial charge is 0.222 e. The number of rotatable bonds is 6. The SMILES string of the molecule is CNC[C@]1(C)[C@@H](NC(=O)C(C)C)CC[C@]23C[C@@]24C(=O)C[C@]2(C)[C@@H]([C@H](C)N(C)C)[C@H](O)C[C@@]2(C)[C@@H]4CC[C@@H]13. The second-order valence-electron chi connectivity index (χ2n) is 15.2. The molecule has 0 saturated heterocycles.